The molecule has 0 amide bonds. The van der Waals surface area contributed by atoms with Gasteiger partial charge in [0.1, 0.15) is 0 Å². The molecule has 1 aromatic carbocycles. The van der Waals surface area contributed by atoms with E-state index in [1.807, 2.05) is 12.1 Å². The minimum atomic E-state index is -1.03. The van der Waals surface area contributed by atoms with Gasteiger partial charge in [-0.2, -0.15) is 0 Å². The number of carbonyl (C=O) groups is 2. The Balaban J connectivity index is 2.36. The van der Waals surface area contributed by atoms with Gasteiger partial charge in [0, 0.05) is 6.42 Å². The van der Waals surface area contributed by atoms with E-state index in [9.17, 15) is 9.59 Å². The Morgan fingerprint density at radius 1 is 1.08 bits per heavy atom. The summed E-state index contributed by atoms with van der Waals surface area (Å²) < 4.78 is 10.4. The van der Waals surface area contributed by atoms with Crippen molar-refractivity contribution in [3.05, 3.63) is 23.8 Å². The Morgan fingerprint density at radius 3 is 2.48 bits per heavy atom. The molecule has 140 valence electrons. The van der Waals surface area contributed by atoms with Gasteiger partial charge in [-0.1, -0.05) is 45.1 Å². The highest BCUT2D eigenvalue weighted by Crippen LogP contribution is 2.31. The fourth-order valence-corrected chi connectivity index (χ4v) is 3.41. The molecule has 6 heteroatoms. The average Bonchev–Trinajstić information content (AvgIpc) is 2.61. The molecule has 1 rings (SSSR count). The van der Waals surface area contributed by atoms with Crippen LogP contribution < -0.4 is 9.47 Å². The summed E-state index contributed by atoms with van der Waals surface area (Å²) in [7, 11) is 1.77. The predicted octanol–water partition coefficient (Wildman–Crippen LogP) is 4.61. The maximum Gasteiger partial charge on any atom is 0.341 e. The molecule has 1 N–H and O–H groups in total. The predicted molar refractivity (Wildman–Crippen MR) is 101 cm³/mol. The lowest BCUT2D eigenvalue weighted by atomic mass is 10.1. The Labute approximate surface area is 151 Å². The molecule has 0 spiro atoms. The molecule has 1 atom stereocenters. The molecule has 0 bridgehead atoms. The van der Waals surface area contributed by atoms with Gasteiger partial charge in [0.25, 0.3) is 0 Å². The first-order valence-electron chi connectivity index (χ1n) is 8.85. The first-order chi connectivity index (χ1) is 12.1. The van der Waals surface area contributed by atoms with Crippen LogP contribution in [0.1, 0.15) is 57.4 Å². The Kier molecular flexibility index (Phi) is 10.9. The highest BCUT2D eigenvalue weighted by Gasteiger charge is 2.09. The van der Waals surface area contributed by atoms with Gasteiger partial charge in [-0.3, -0.25) is 4.79 Å². The van der Waals surface area contributed by atoms with E-state index in [0.717, 1.165) is 18.4 Å². The molecule has 0 aliphatic carbocycles. The first-order valence-corrected chi connectivity index (χ1v) is 10.1. The number of benzene rings is 1. The molecular formula is C19H29O5P. The largest absolute Gasteiger partial charge is 0.493 e. The van der Waals surface area contributed by atoms with Crippen LogP contribution in [0.25, 0.3) is 0 Å². The van der Waals surface area contributed by atoms with Crippen molar-refractivity contribution >= 4 is 20.1 Å². The van der Waals surface area contributed by atoms with Crippen LogP contribution in [0.5, 0.6) is 11.5 Å². The number of ether oxygens (including phenoxy) is 2. The molecule has 25 heavy (non-hydrogen) atoms. The standard InChI is InChI=1S/C19H29O5P/c1-3-4-5-6-7-8-9-19(22)25-14-15-10-11-16(17(12-15)23-2)24-13-18(20)21/h10-12,25H,3-9,13-14H2,1-2H3,(H,20,21). The van der Waals surface area contributed by atoms with E-state index in [4.69, 9.17) is 14.6 Å². The van der Waals surface area contributed by atoms with Crippen LogP contribution in [0.4, 0.5) is 0 Å². The lowest BCUT2D eigenvalue weighted by molar-refractivity contribution is -0.139. The number of unbranched alkanes of at least 4 members (excludes halogenated alkanes) is 5. The van der Waals surface area contributed by atoms with Crippen molar-refractivity contribution in [2.75, 3.05) is 13.7 Å². The summed E-state index contributed by atoms with van der Waals surface area (Å²) in [6.07, 6.45) is 8.49. The van der Waals surface area contributed by atoms with Crippen LogP contribution in [-0.4, -0.2) is 30.3 Å². The summed E-state index contributed by atoms with van der Waals surface area (Å²) in [6, 6.07) is 5.35. The Morgan fingerprint density at radius 2 is 1.80 bits per heavy atom. The lowest BCUT2D eigenvalue weighted by Crippen LogP contribution is -2.10. The van der Waals surface area contributed by atoms with Crippen LogP contribution in [0.3, 0.4) is 0 Å². The first kappa shape index (κ1) is 21.4. The van der Waals surface area contributed by atoms with Crippen molar-refractivity contribution < 1.29 is 24.2 Å². The van der Waals surface area contributed by atoms with Crippen LogP contribution in [0.15, 0.2) is 18.2 Å². The summed E-state index contributed by atoms with van der Waals surface area (Å²) in [5.74, 6) is -0.143. The van der Waals surface area contributed by atoms with Crippen molar-refractivity contribution in [2.24, 2.45) is 0 Å². The van der Waals surface area contributed by atoms with Crippen LogP contribution >= 0.6 is 8.58 Å². The topological polar surface area (TPSA) is 72.8 Å². The molecule has 0 radical (unpaired) electrons. The van der Waals surface area contributed by atoms with E-state index in [2.05, 4.69) is 6.92 Å². The zero-order valence-corrected chi connectivity index (χ0v) is 16.2. The monoisotopic (exact) mass is 368 g/mol. The van der Waals surface area contributed by atoms with Gasteiger partial charge in [-0.25, -0.2) is 4.79 Å². The third kappa shape index (κ3) is 9.45. The van der Waals surface area contributed by atoms with Crippen LogP contribution in [-0.2, 0) is 15.8 Å². The molecular weight excluding hydrogens is 339 g/mol. The number of carboxylic acid groups (broad SMARTS) is 1. The van der Waals surface area contributed by atoms with Crippen LogP contribution in [0, 0.1) is 0 Å². The summed E-state index contributed by atoms with van der Waals surface area (Å²) in [6.45, 7) is 1.79. The zero-order chi connectivity index (χ0) is 18.5. The van der Waals surface area contributed by atoms with Crippen molar-refractivity contribution in [2.45, 2.75) is 58.0 Å². The number of rotatable bonds is 14. The number of hydrogen-bond acceptors (Lipinski definition) is 4. The summed E-state index contributed by atoms with van der Waals surface area (Å²) in [5.41, 5.74) is 1.31. The second-order valence-corrected chi connectivity index (χ2v) is 7.23. The minimum Gasteiger partial charge on any atom is -0.493 e. The molecule has 1 aromatic rings. The molecule has 0 saturated heterocycles. The molecule has 0 aliphatic heterocycles. The third-order valence-corrected chi connectivity index (χ3v) is 5.06. The summed E-state index contributed by atoms with van der Waals surface area (Å²) in [4.78, 5) is 22.6. The molecule has 0 fully saturated rings. The molecule has 0 saturated carbocycles. The molecule has 0 heterocycles. The van der Waals surface area contributed by atoms with Crippen molar-refractivity contribution in [3.63, 3.8) is 0 Å². The van der Waals surface area contributed by atoms with Gasteiger partial charge in [0.05, 0.1) is 7.11 Å². The molecule has 0 aromatic heterocycles. The lowest BCUT2D eigenvalue weighted by Gasteiger charge is -2.11. The number of carbonyl (C=O) groups excluding carboxylic acids is 1. The number of hydrogen-bond donors (Lipinski definition) is 1. The van der Waals surface area contributed by atoms with Gasteiger partial charge in [-0.15, -0.1) is 0 Å². The smallest absolute Gasteiger partial charge is 0.341 e. The third-order valence-electron chi connectivity index (χ3n) is 3.83. The molecule has 1 unspecified atom stereocenters. The fourth-order valence-electron chi connectivity index (χ4n) is 2.44. The highest BCUT2D eigenvalue weighted by atomic mass is 31.1. The van der Waals surface area contributed by atoms with Gasteiger partial charge < -0.3 is 14.6 Å². The average molecular weight is 368 g/mol. The SMILES string of the molecule is CCCCCCCCC(=O)PCc1ccc(OCC(=O)O)c(OC)c1. The zero-order valence-electron chi connectivity index (χ0n) is 15.2. The normalized spacial score (nSPS) is 11.0. The number of carboxylic acids is 1. The molecule has 5 nitrogen and oxygen atoms in total. The minimum absolute atomic E-state index is 0.258. The van der Waals surface area contributed by atoms with Crippen molar-refractivity contribution in [3.8, 4) is 11.5 Å². The molecule has 0 aliphatic rings. The van der Waals surface area contributed by atoms with Gasteiger partial charge in [-0.05, 0) is 38.9 Å². The van der Waals surface area contributed by atoms with Gasteiger partial charge in [0.2, 0.25) is 0 Å². The van der Waals surface area contributed by atoms with E-state index in [-0.39, 0.29) is 8.58 Å². The number of aliphatic carboxylic acids is 1. The second-order valence-electron chi connectivity index (χ2n) is 5.96. The quantitative estimate of drug-likeness (QED) is 0.383. The highest BCUT2D eigenvalue weighted by molar-refractivity contribution is 7.57. The van der Waals surface area contributed by atoms with Crippen molar-refractivity contribution in [1.29, 1.82) is 0 Å². The number of methoxy groups -OCH3 is 1. The van der Waals surface area contributed by atoms with E-state index in [1.165, 1.54) is 32.8 Å². The second kappa shape index (κ2) is 12.7. The van der Waals surface area contributed by atoms with E-state index >= 15 is 0 Å². The fraction of sp³-hybridized carbons (Fsp3) is 0.579. The van der Waals surface area contributed by atoms with E-state index in [0.29, 0.717) is 29.6 Å². The van der Waals surface area contributed by atoms with Crippen molar-refractivity contribution in [1.82, 2.24) is 0 Å². The van der Waals surface area contributed by atoms with Gasteiger partial charge >= 0.3 is 5.97 Å². The van der Waals surface area contributed by atoms with E-state index < -0.39 is 12.6 Å². The Bertz CT molecular complexity index is 545. The van der Waals surface area contributed by atoms with E-state index in [1.54, 1.807) is 6.07 Å². The summed E-state index contributed by atoms with van der Waals surface area (Å²) >= 11 is 0. The van der Waals surface area contributed by atoms with Crippen LogP contribution in [0.2, 0.25) is 0 Å². The maximum absolute atomic E-state index is 12.0. The Hall–Kier alpha value is -1.61. The van der Waals surface area contributed by atoms with Gasteiger partial charge in [0.15, 0.2) is 23.6 Å². The summed E-state index contributed by atoms with van der Waals surface area (Å²) in [5, 5.41) is 8.67. The maximum atomic E-state index is 12.0.